The Labute approximate surface area is 108 Å². The number of likely N-dealkylation sites (N-methyl/N-ethyl adjacent to an activating group) is 1. The topological polar surface area (TPSA) is 78.9 Å². The maximum atomic E-state index is 11.5. The first-order chi connectivity index (χ1) is 8.29. The number of hydrogen-bond donors (Lipinski definition) is 2. The molecule has 0 aromatic rings. The van der Waals surface area contributed by atoms with Crippen molar-refractivity contribution in [2.45, 2.75) is 20.3 Å². The second kappa shape index (κ2) is 8.05. The molecule has 106 valence electrons. The molecule has 6 nitrogen and oxygen atoms in total. The number of carbonyl (C=O) groups is 2. The quantitative estimate of drug-likeness (QED) is 0.618. The standard InChI is InChI=1S/C12H24N2O4/c1-12(2,11(16)17)9-10(15)13-5-6-14(3)7-8-18-4/h5-9H2,1-4H3,(H,13,15)(H,16,17). The third-order valence-electron chi connectivity index (χ3n) is 2.67. The zero-order valence-electron chi connectivity index (χ0n) is 11.7. The van der Waals surface area contributed by atoms with Gasteiger partial charge in [-0.25, -0.2) is 0 Å². The number of nitrogens with one attached hydrogen (secondary N) is 1. The van der Waals surface area contributed by atoms with E-state index < -0.39 is 11.4 Å². The first kappa shape index (κ1) is 16.9. The molecule has 0 aliphatic carbocycles. The van der Waals surface area contributed by atoms with Crippen LogP contribution in [0.25, 0.3) is 0 Å². The average molecular weight is 260 g/mol. The van der Waals surface area contributed by atoms with Gasteiger partial charge in [-0.2, -0.15) is 0 Å². The van der Waals surface area contributed by atoms with Crippen molar-refractivity contribution in [1.82, 2.24) is 10.2 Å². The van der Waals surface area contributed by atoms with Crippen LogP contribution in [0.1, 0.15) is 20.3 Å². The molecule has 0 radical (unpaired) electrons. The van der Waals surface area contributed by atoms with Crippen LogP contribution in [-0.2, 0) is 14.3 Å². The monoisotopic (exact) mass is 260 g/mol. The van der Waals surface area contributed by atoms with Crippen molar-refractivity contribution in [3.63, 3.8) is 0 Å². The predicted molar refractivity (Wildman–Crippen MR) is 68.4 cm³/mol. The summed E-state index contributed by atoms with van der Waals surface area (Å²) in [6, 6.07) is 0. The number of rotatable bonds is 9. The van der Waals surface area contributed by atoms with Gasteiger partial charge >= 0.3 is 5.97 Å². The highest BCUT2D eigenvalue weighted by Gasteiger charge is 2.29. The van der Waals surface area contributed by atoms with Crippen LogP contribution in [0.4, 0.5) is 0 Å². The number of carbonyl (C=O) groups excluding carboxylic acids is 1. The minimum atomic E-state index is -1.02. The normalized spacial score (nSPS) is 11.6. The molecule has 0 aliphatic heterocycles. The van der Waals surface area contributed by atoms with Gasteiger partial charge in [-0.05, 0) is 20.9 Å². The van der Waals surface area contributed by atoms with Crippen molar-refractivity contribution >= 4 is 11.9 Å². The summed E-state index contributed by atoms with van der Waals surface area (Å²) >= 11 is 0. The second-order valence-electron chi connectivity index (χ2n) is 5.01. The molecular formula is C12H24N2O4. The van der Waals surface area contributed by atoms with E-state index in [4.69, 9.17) is 9.84 Å². The molecule has 0 spiro atoms. The fourth-order valence-electron chi connectivity index (χ4n) is 1.28. The Morgan fingerprint density at radius 3 is 2.44 bits per heavy atom. The van der Waals surface area contributed by atoms with Crippen LogP contribution in [0.5, 0.6) is 0 Å². The van der Waals surface area contributed by atoms with Gasteiger partial charge in [-0.15, -0.1) is 0 Å². The molecular weight excluding hydrogens is 236 g/mol. The van der Waals surface area contributed by atoms with Crippen LogP contribution in [0.15, 0.2) is 0 Å². The highest BCUT2D eigenvalue weighted by atomic mass is 16.5. The Kier molecular flexibility index (Phi) is 7.54. The van der Waals surface area contributed by atoms with Crippen LogP contribution in [-0.4, -0.2) is 62.3 Å². The van der Waals surface area contributed by atoms with Gasteiger partial charge < -0.3 is 20.1 Å². The van der Waals surface area contributed by atoms with Crippen LogP contribution in [0, 0.1) is 5.41 Å². The lowest BCUT2D eigenvalue weighted by atomic mass is 9.89. The summed E-state index contributed by atoms with van der Waals surface area (Å²) in [5, 5.41) is 11.6. The van der Waals surface area contributed by atoms with Gasteiger partial charge in [0, 0.05) is 33.2 Å². The van der Waals surface area contributed by atoms with Gasteiger partial charge in [0.1, 0.15) is 0 Å². The predicted octanol–water partition coefficient (Wildman–Crippen LogP) is 0.182. The molecule has 0 saturated carbocycles. The number of carboxylic acids is 1. The molecule has 0 aromatic heterocycles. The van der Waals surface area contributed by atoms with E-state index >= 15 is 0 Å². The van der Waals surface area contributed by atoms with Gasteiger partial charge in [0.05, 0.1) is 12.0 Å². The van der Waals surface area contributed by atoms with Crippen LogP contribution in [0.2, 0.25) is 0 Å². The smallest absolute Gasteiger partial charge is 0.309 e. The maximum Gasteiger partial charge on any atom is 0.309 e. The average Bonchev–Trinajstić information content (AvgIpc) is 2.25. The molecule has 6 heteroatoms. The fraction of sp³-hybridized carbons (Fsp3) is 0.833. The Hall–Kier alpha value is -1.14. The van der Waals surface area contributed by atoms with Crippen LogP contribution in [0.3, 0.4) is 0 Å². The molecule has 1 amide bonds. The van der Waals surface area contributed by atoms with Gasteiger partial charge in [0.2, 0.25) is 5.91 Å². The number of nitrogens with zero attached hydrogens (tertiary/aromatic N) is 1. The van der Waals surface area contributed by atoms with Gasteiger partial charge in [0.15, 0.2) is 0 Å². The Morgan fingerprint density at radius 2 is 1.94 bits per heavy atom. The molecule has 0 saturated heterocycles. The molecule has 0 rings (SSSR count). The van der Waals surface area contributed by atoms with Gasteiger partial charge in [-0.3, -0.25) is 9.59 Å². The molecule has 0 unspecified atom stereocenters. The summed E-state index contributed by atoms with van der Waals surface area (Å²) < 4.78 is 4.94. The van der Waals surface area contributed by atoms with Crippen molar-refractivity contribution in [1.29, 1.82) is 0 Å². The number of carboxylic acid groups (broad SMARTS) is 1. The minimum Gasteiger partial charge on any atom is -0.481 e. The number of hydrogen-bond acceptors (Lipinski definition) is 4. The Balaban J connectivity index is 3.81. The summed E-state index contributed by atoms with van der Waals surface area (Å²) in [6.45, 7) is 5.75. The molecule has 2 N–H and O–H groups in total. The minimum absolute atomic E-state index is 0.00980. The molecule has 0 atom stereocenters. The van der Waals surface area contributed by atoms with Crippen molar-refractivity contribution < 1.29 is 19.4 Å². The third-order valence-corrected chi connectivity index (χ3v) is 2.67. The van der Waals surface area contributed by atoms with Crippen LogP contribution >= 0.6 is 0 Å². The van der Waals surface area contributed by atoms with Crippen molar-refractivity contribution in [3.05, 3.63) is 0 Å². The third kappa shape index (κ3) is 7.24. The second-order valence-corrected chi connectivity index (χ2v) is 5.01. The highest BCUT2D eigenvalue weighted by Crippen LogP contribution is 2.19. The SMILES string of the molecule is COCCN(C)CCNC(=O)CC(C)(C)C(=O)O. The molecule has 0 fully saturated rings. The zero-order valence-corrected chi connectivity index (χ0v) is 11.7. The molecule has 0 aromatic carbocycles. The van der Waals surface area contributed by atoms with Gasteiger partial charge in [-0.1, -0.05) is 0 Å². The first-order valence-corrected chi connectivity index (χ1v) is 5.97. The van der Waals surface area contributed by atoms with Gasteiger partial charge in [0.25, 0.3) is 0 Å². The number of amides is 1. The zero-order chi connectivity index (χ0) is 14.2. The fourth-order valence-corrected chi connectivity index (χ4v) is 1.28. The van der Waals surface area contributed by atoms with E-state index in [1.807, 2.05) is 11.9 Å². The lowest BCUT2D eigenvalue weighted by Crippen LogP contribution is -2.37. The number of ether oxygens (including phenoxy) is 1. The van der Waals surface area contributed by atoms with E-state index in [0.29, 0.717) is 19.7 Å². The summed E-state index contributed by atoms with van der Waals surface area (Å²) in [4.78, 5) is 24.4. The van der Waals surface area contributed by atoms with E-state index in [-0.39, 0.29) is 12.3 Å². The van der Waals surface area contributed by atoms with Crippen molar-refractivity contribution in [3.8, 4) is 0 Å². The number of methoxy groups -OCH3 is 1. The summed E-state index contributed by atoms with van der Waals surface area (Å²) in [5.41, 5.74) is -1.02. The lowest BCUT2D eigenvalue weighted by Gasteiger charge is -2.19. The van der Waals surface area contributed by atoms with E-state index in [1.165, 1.54) is 0 Å². The summed E-state index contributed by atoms with van der Waals surface area (Å²) in [6.07, 6.45) is -0.00980. The van der Waals surface area contributed by atoms with E-state index in [0.717, 1.165) is 6.54 Å². The van der Waals surface area contributed by atoms with E-state index in [9.17, 15) is 9.59 Å². The summed E-state index contributed by atoms with van der Waals surface area (Å²) in [5.74, 6) is -1.20. The van der Waals surface area contributed by atoms with E-state index in [2.05, 4.69) is 5.32 Å². The largest absolute Gasteiger partial charge is 0.481 e. The summed E-state index contributed by atoms with van der Waals surface area (Å²) in [7, 11) is 3.58. The number of aliphatic carboxylic acids is 1. The van der Waals surface area contributed by atoms with Crippen molar-refractivity contribution in [2.24, 2.45) is 5.41 Å². The first-order valence-electron chi connectivity index (χ1n) is 5.97. The molecule has 0 heterocycles. The molecule has 0 bridgehead atoms. The maximum absolute atomic E-state index is 11.5. The lowest BCUT2D eigenvalue weighted by molar-refractivity contribution is -0.149. The Morgan fingerprint density at radius 1 is 1.33 bits per heavy atom. The van der Waals surface area contributed by atoms with Crippen LogP contribution < -0.4 is 5.32 Å². The highest BCUT2D eigenvalue weighted by molar-refractivity contribution is 5.84. The Bertz CT molecular complexity index is 279. The van der Waals surface area contributed by atoms with Crippen molar-refractivity contribution in [2.75, 3.05) is 40.4 Å². The molecule has 18 heavy (non-hydrogen) atoms. The molecule has 0 aliphatic rings. The van der Waals surface area contributed by atoms with E-state index in [1.54, 1.807) is 21.0 Å².